The van der Waals surface area contributed by atoms with Crippen LogP contribution in [0.4, 0.5) is 10.1 Å². The maximum Gasteiger partial charge on any atom is 0.251 e. The van der Waals surface area contributed by atoms with Crippen molar-refractivity contribution >= 4 is 11.6 Å². The van der Waals surface area contributed by atoms with Crippen LogP contribution in [-0.4, -0.2) is 54.6 Å². The van der Waals surface area contributed by atoms with E-state index in [0.717, 1.165) is 63.6 Å². The number of nitrogens with zero attached hydrogens (tertiary/aromatic N) is 3. The van der Waals surface area contributed by atoms with Crippen LogP contribution >= 0.6 is 0 Å². The minimum Gasteiger partial charge on any atom is -0.367 e. The second kappa shape index (κ2) is 10.9. The fourth-order valence-corrected chi connectivity index (χ4v) is 5.71. The number of amides is 1. The lowest BCUT2D eigenvalue weighted by atomic mass is 9.89. The van der Waals surface area contributed by atoms with E-state index in [4.69, 9.17) is 0 Å². The predicted molar refractivity (Wildman–Crippen MR) is 144 cm³/mol. The maximum absolute atomic E-state index is 14.0. The first-order chi connectivity index (χ1) is 17.5. The molecule has 190 valence electrons. The van der Waals surface area contributed by atoms with Crippen molar-refractivity contribution in [3.63, 3.8) is 0 Å². The van der Waals surface area contributed by atoms with E-state index in [-0.39, 0.29) is 11.7 Å². The number of nitrogens with one attached hydrogen (secondary N) is 1. The quantitative estimate of drug-likeness (QED) is 0.476. The molecule has 1 atom stereocenters. The molecule has 1 aliphatic carbocycles. The number of hydrogen-bond donors (Lipinski definition) is 1. The highest BCUT2D eigenvalue weighted by Gasteiger charge is 2.22. The molecule has 1 N–H and O–H groups in total. The van der Waals surface area contributed by atoms with Crippen molar-refractivity contribution in [3.05, 3.63) is 82.9 Å². The minimum absolute atomic E-state index is 0.0222. The Balaban J connectivity index is 1.08. The van der Waals surface area contributed by atoms with Crippen LogP contribution in [0.5, 0.6) is 0 Å². The lowest BCUT2D eigenvalue weighted by Gasteiger charge is -2.36. The first-order valence-corrected chi connectivity index (χ1v) is 13.3. The third-order valence-electron chi connectivity index (χ3n) is 7.71. The summed E-state index contributed by atoms with van der Waals surface area (Å²) in [5.74, 6) is 0.576. The molecule has 1 saturated heterocycles. The van der Waals surface area contributed by atoms with E-state index in [1.807, 2.05) is 24.3 Å². The number of benzene rings is 2. The molecule has 36 heavy (non-hydrogen) atoms. The van der Waals surface area contributed by atoms with E-state index in [1.165, 1.54) is 29.4 Å². The summed E-state index contributed by atoms with van der Waals surface area (Å²) in [6, 6.07) is 17.3. The number of aromatic nitrogens is 1. The van der Waals surface area contributed by atoms with Gasteiger partial charge in [-0.25, -0.2) is 4.39 Å². The van der Waals surface area contributed by atoms with Gasteiger partial charge in [0.25, 0.3) is 5.91 Å². The highest BCUT2D eigenvalue weighted by Crippen LogP contribution is 2.30. The molecule has 0 bridgehead atoms. The van der Waals surface area contributed by atoms with Crippen molar-refractivity contribution in [1.29, 1.82) is 0 Å². The van der Waals surface area contributed by atoms with Crippen LogP contribution < -0.4 is 10.2 Å². The number of carbonyl (C=O) groups is 1. The molecule has 1 aromatic heterocycles. The van der Waals surface area contributed by atoms with Crippen LogP contribution in [0.2, 0.25) is 0 Å². The van der Waals surface area contributed by atoms with Crippen LogP contribution in [0.1, 0.15) is 47.1 Å². The van der Waals surface area contributed by atoms with Gasteiger partial charge in [-0.15, -0.1) is 0 Å². The van der Waals surface area contributed by atoms with Crippen molar-refractivity contribution < 1.29 is 9.18 Å². The molecular weight excluding hydrogens is 451 g/mol. The lowest BCUT2D eigenvalue weighted by molar-refractivity contribution is 0.0951. The molecule has 5 nitrogen and oxygen atoms in total. The van der Waals surface area contributed by atoms with E-state index in [2.05, 4.69) is 51.7 Å². The molecule has 0 saturated carbocycles. The summed E-state index contributed by atoms with van der Waals surface area (Å²) in [4.78, 5) is 17.2. The average Bonchev–Trinajstić information content (AvgIpc) is 3.22. The largest absolute Gasteiger partial charge is 0.367 e. The molecular formula is C30H37FN4O. The molecule has 2 aliphatic rings. The van der Waals surface area contributed by atoms with Crippen molar-refractivity contribution in [1.82, 2.24) is 14.8 Å². The summed E-state index contributed by atoms with van der Waals surface area (Å²) >= 11 is 0. The molecule has 1 aliphatic heterocycles. The Morgan fingerprint density at radius 1 is 1.06 bits per heavy atom. The molecule has 0 radical (unpaired) electrons. The number of aryl methyl sites for hydroxylation is 1. The fourth-order valence-electron chi connectivity index (χ4n) is 5.71. The third kappa shape index (κ3) is 5.34. The molecule has 0 spiro atoms. The van der Waals surface area contributed by atoms with Gasteiger partial charge in [0.2, 0.25) is 0 Å². The smallest absolute Gasteiger partial charge is 0.251 e. The monoisotopic (exact) mass is 488 g/mol. The highest BCUT2D eigenvalue weighted by molar-refractivity contribution is 5.94. The van der Waals surface area contributed by atoms with Gasteiger partial charge in [-0.1, -0.05) is 19.1 Å². The van der Waals surface area contributed by atoms with Gasteiger partial charge in [-0.2, -0.15) is 0 Å². The van der Waals surface area contributed by atoms with Gasteiger partial charge in [-0.3, -0.25) is 9.69 Å². The standard InChI is InChI=1S/C30H37FN4O/c1-22-8-13-28-25(20-22)21-23(2)35(28)26-11-9-24(10-12-26)30(36)32-14-5-15-33-16-18-34(19-17-33)29-7-4-3-6-27(29)31/h3-4,6-7,9-12,21-22H,5,8,13-20H2,1-2H3,(H,32,36)/t22-/m1/s1. The van der Waals surface area contributed by atoms with E-state index in [9.17, 15) is 9.18 Å². The molecule has 3 aromatic rings. The number of piperazine rings is 1. The Morgan fingerprint density at radius 2 is 1.81 bits per heavy atom. The first kappa shape index (κ1) is 24.6. The minimum atomic E-state index is -0.154. The third-order valence-corrected chi connectivity index (χ3v) is 7.71. The van der Waals surface area contributed by atoms with Crippen LogP contribution in [0.3, 0.4) is 0 Å². The van der Waals surface area contributed by atoms with E-state index in [1.54, 1.807) is 6.07 Å². The molecule has 6 heteroatoms. The first-order valence-electron chi connectivity index (χ1n) is 13.3. The average molecular weight is 489 g/mol. The van der Waals surface area contributed by atoms with Gasteiger partial charge in [-0.05, 0) is 93.1 Å². The van der Waals surface area contributed by atoms with Crippen molar-refractivity contribution in [2.45, 2.75) is 39.5 Å². The van der Waals surface area contributed by atoms with Crippen molar-refractivity contribution in [2.75, 3.05) is 44.2 Å². The molecule has 2 aromatic carbocycles. The Bertz CT molecular complexity index is 1190. The number of fused-ring (bicyclic) bond motifs is 1. The van der Waals surface area contributed by atoms with Gasteiger partial charge in [0.1, 0.15) is 5.82 Å². The van der Waals surface area contributed by atoms with E-state index < -0.39 is 0 Å². The van der Waals surface area contributed by atoms with E-state index >= 15 is 0 Å². The Labute approximate surface area is 213 Å². The van der Waals surface area contributed by atoms with Gasteiger partial charge in [0.15, 0.2) is 0 Å². The fraction of sp³-hybridized carbons (Fsp3) is 0.433. The number of rotatable bonds is 7. The summed E-state index contributed by atoms with van der Waals surface area (Å²) in [6.07, 6.45) is 4.41. The molecule has 1 amide bonds. The van der Waals surface area contributed by atoms with Gasteiger partial charge >= 0.3 is 0 Å². The Kier molecular flexibility index (Phi) is 7.42. The summed E-state index contributed by atoms with van der Waals surface area (Å²) in [5.41, 5.74) is 6.69. The topological polar surface area (TPSA) is 40.5 Å². The van der Waals surface area contributed by atoms with Crippen molar-refractivity contribution in [2.24, 2.45) is 5.92 Å². The second-order valence-corrected chi connectivity index (χ2v) is 10.4. The summed E-state index contributed by atoms with van der Waals surface area (Å²) in [7, 11) is 0. The molecule has 1 fully saturated rings. The molecule has 2 heterocycles. The van der Waals surface area contributed by atoms with Gasteiger partial charge in [0, 0.05) is 55.4 Å². The maximum atomic E-state index is 14.0. The van der Waals surface area contributed by atoms with Gasteiger partial charge in [0.05, 0.1) is 5.69 Å². The zero-order valence-electron chi connectivity index (χ0n) is 21.5. The highest BCUT2D eigenvalue weighted by atomic mass is 19.1. The summed E-state index contributed by atoms with van der Waals surface area (Å²) in [6.45, 7) is 9.54. The summed E-state index contributed by atoms with van der Waals surface area (Å²) < 4.78 is 16.4. The Morgan fingerprint density at radius 3 is 2.56 bits per heavy atom. The van der Waals surface area contributed by atoms with Crippen LogP contribution in [0, 0.1) is 18.7 Å². The zero-order chi connectivity index (χ0) is 25.1. The SMILES string of the molecule is Cc1cc2c(n1-c1ccc(C(=O)NCCCN3CCN(c4ccccc4F)CC3)cc1)CC[C@@H](C)C2. The van der Waals surface area contributed by atoms with Crippen molar-refractivity contribution in [3.8, 4) is 5.69 Å². The van der Waals surface area contributed by atoms with Crippen LogP contribution in [0.25, 0.3) is 5.69 Å². The summed E-state index contributed by atoms with van der Waals surface area (Å²) in [5, 5.41) is 3.07. The number of halogens is 1. The predicted octanol–water partition coefficient (Wildman–Crippen LogP) is 4.99. The Hall–Kier alpha value is -3.12. The number of anilines is 1. The van der Waals surface area contributed by atoms with Crippen LogP contribution in [0.15, 0.2) is 54.6 Å². The second-order valence-electron chi connectivity index (χ2n) is 10.4. The molecule has 0 unspecified atom stereocenters. The number of hydrogen-bond acceptors (Lipinski definition) is 3. The van der Waals surface area contributed by atoms with Gasteiger partial charge < -0.3 is 14.8 Å². The van der Waals surface area contributed by atoms with Crippen LogP contribution in [-0.2, 0) is 12.8 Å². The number of carbonyl (C=O) groups excluding carboxylic acids is 1. The number of para-hydroxylation sites is 1. The van der Waals surface area contributed by atoms with E-state index in [0.29, 0.717) is 17.8 Å². The normalized spacial score (nSPS) is 18.2. The molecule has 5 rings (SSSR count). The zero-order valence-corrected chi connectivity index (χ0v) is 21.5. The lowest BCUT2D eigenvalue weighted by Crippen LogP contribution is -2.47.